The molecule has 0 saturated carbocycles. The van der Waals surface area contributed by atoms with Gasteiger partial charge in [-0.25, -0.2) is 4.98 Å². The molecule has 1 aromatic heterocycles. The van der Waals surface area contributed by atoms with Gasteiger partial charge in [0.2, 0.25) is 0 Å². The van der Waals surface area contributed by atoms with Crippen LogP contribution in [0, 0.1) is 11.3 Å². The van der Waals surface area contributed by atoms with Crippen LogP contribution >= 0.6 is 0 Å². The van der Waals surface area contributed by atoms with Gasteiger partial charge in [-0.2, -0.15) is 10.4 Å². The van der Waals surface area contributed by atoms with Crippen LogP contribution in [0.5, 0.6) is 0 Å². The first-order valence-corrected chi connectivity index (χ1v) is 4.14. The number of H-pyrrole nitrogens is 1. The molecule has 0 aromatic carbocycles. The Labute approximate surface area is 77.4 Å². The number of rotatable bonds is 4. The fourth-order valence-electron chi connectivity index (χ4n) is 0.926. The Balaban J connectivity index is 2.45. The Morgan fingerprint density at radius 2 is 2.31 bits per heavy atom. The van der Waals surface area contributed by atoms with Gasteiger partial charge in [-0.3, -0.25) is 5.10 Å². The van der Waals surface area contributed by atoms with E-state index in [1.165, 1.54) is 0 Å². The zero-order valence-electron chi connectivity index (χ0n) is 7.91. The van der Waals surface area contributed by atoms with E-state index in [9.17, 15) is 0 Å². The van der Waals surface area contributed by atoms with E-state index in [4.69, 9.17) is 5.26 Å². The van der Waals surface area contributed by atoms with Gasteiger partial charge in [0.1, 0.15) is 5.82 Å². The molecule has 1 N–H and O–H groups in total. The highest BCUT2D eigenvalue weighted by Crippen LogP contribution is 1.94. The molecule has 0 spiro atoms. The average molecular weight is 179 g/mol. The van der Waals surface area contributed by atoms with Crippen LogP contribution in [0.1, 0.15) is 11.6 Å². The Hall–Kier alpha value is -1.41. The molecule has 0 fully saturated rings. The zero-order chi connectivity index (χ0) is 9.68. The van der Waals surface area contributed by atoms with Crippen molar-refractivity contribution in [2.75, 3.05) is 20.6 Å². The van der Waals surface area contributed by atoms with Crippen LogP contribution in [0.3, 0.4) is 0 Å². The fourth-order valence-corrected chi connectivity index (χ4v) is 0.926. The van der Waals surface area contributed by atoms with E-state index in [0.717, 1.165) is 18.8 Å². The van der Waals surface area contributed by atoms with E-state index in [1.54, 1.807) is 0 Å². The summed E-state index contributed by atoms with van der Waals surface area (Å²) in [6, 6.07) is 2.01. The Morgan fingerprint density at radius 1 is 1.54 bits per heavy atom. The van der Waals surface area contributed by atoms with Crippen molar-refractivity contribution in [2.45, 2.75) is 12.8 Å². The second kappa shape index (κ2) is 4.58. The minimum Gasteiger partial charge on any atom is -0.309 e. The molecule has 0 radical (unpaired) electrons. The molecule has 0 aliphatic heterocycles. The van der Waals surface area contributed by atoms with Crippen LogP contribution in [-0.2, 0) is 12.8 Å². The SMILES string of the molecule is CN(C)CCc1nc(CC#N)n[nH]1. The number of hydrogen-bond donors (Lipinski definition) is 1. The molecule has 0 saturated heterocycles. The Kier molecular flexibility index (Phi) is 3.41. The first-order valence-electron chi connectivity index (χ1n) is 4.14. The standard InChI is InChI=1S/C8H13N5/c1-13(2)6-4-8-10-7(3-5-9)11-12-8/h3-4,6H2,1-2H3,(H,10,11,12). The van der Waals surface area contributed by atoms with E-state index in [1.807, 2.05) is 20.2 Å². The van der Waals surface area contributed by atoms with Crippen LogP contribution in [-0.4, -0.2) is 40.7 Å². The highest BCUT2D eigenvalue weighted by atomic mass is 15.2. The van der Waals surface area contributed by atoms with Crippen LogP contribution in [0.4, 0.5) is 0 Å². The number of nitrogens with zero attached hydrogens (tertiary/aromatic N) is 4. The minimum atomic E-state index is 0.276. The molecule has 1 heterocycles. The summed E-state index contributed by atoms with van der Waals surface area (Å²) in [6.45, 7) is 0.932. The summed E-state index contributed by atoms with van der Waals surface area (Å²) >= 11 is 0. The lowest BCUT2D eigenvalue weighted by Gasteiger charge is -2.05. The zero-order valence-corrected chi connectivity index (χ0v) is 7.91. The molecule has 5 nitrogen and oxygen atoms in total. The van der Waals surface area contributed by atoms with E-state index in [2.05, 4.69) is 20.1 Å². The smallest absolute Gasteiger partial charge is 0.164 e. The van der Waals surface area contributed by atoms with Crippen molar-refractivity contribution in [3.05, 3.63) is 11.6 Å². The van der Waals surface area contributed by atoms with Gasteiger partial charge in [-0.15, -0.1) is 0 Å². The molecule has 13 heavy (non-hydrogen) atoms. The van der Waals surface area contributed by atoms with Crippen molar-refractivity contribution < 1.29 is 0 Å². The maximum Gasteiger partial charge on any atom is 0.164 e. The molecule has 0 aliphatic rings. The van der Waals surface area contributed by atoms with Gasteiger partial charge in [0.25, 0.3) is 0 Å². The number of aromatic nitrogens is 3. The second-order valence-corrected chi connectivity index (χ2v) is 3.09. The van der Waals surface area contributed by atoms with Crippen molar-refractivity contribution in [3.63, 3.8) is 0 Å². The summed E-state index contributed by atoms with van der Waals surface area (Å²) in [4.78, 5) is 6.23. The molecule has 0 unspecified atom stereocenters. The molecule has 5 heteroatoms. The molecule has 1 aromatic rings. The Bertz CT molecular complexity index is 296. The van der Waals surface area contributed by atoms with Crippen molar-refractivity contribution in [3.8, 4) is 6.07 Å². The van der Waals surface area contributed by atoms with Crippen LogP contribution in [0.2, 0.25) is 0 Å². The predicted molar refractivity (Wildman–Crippen MR) is 48.0 cm³/mol. The van der Waals surface area contributed by atoms with Crippen molar-refractivity contribution >= 4 is 0 Å². The molecule has 1 rings (SSSR count). The molecule has 0 aliphatic carbocycles. The van der Waals surface area contributed by atoms with Gasteiger partial charge in [0.05, 0.1) is 12.5 Å². The third kappa shape index (κ3) is 3.22. The van der Waals surface area contributed by atoms with Gasteiger partial charge in [-0.1, -0.05) is 0 Å². The summed E-state index contributed by atoms with van der Waals surface area (Å²) in [7, 11) is 4.01. The van der Waals surface area contributed by atoms with Gasteiger partial charge in [-0.05, 0) is 14.1 Å². The van der Waals surface area contributed by atoms with Gasteiger partial charge in [0, 0.05) is 13.0 Å². The number of nitriles is 1. The minimum absolute atomic E-state index is 0.276. The highest BCUT2D eigenvalue weighted by molar-refractivity contribution is 4.96. The molecular weight excluding hydrogens is 166 g/mol. The first kappa shape index (κ1) is 9.68. The van der Waals surface area contributed by atoms with Gasteiger partial charge < -0.3 is 4.90 Å². The molecule has 70 valence electrons. The fraction of sp³-hybridized carbons (Fsp3) is 0.625. The summed E-state index contributed by atoms with van der Waals surface area (Å²) in [5, 5.41) is 15.1. The van der Waals surface area contributed by atoms with E-state index in [0.29, 0.717) is 5.82 Å². The maximum absolute atomic E-state index is 8.39. The number of aromatic amines is 1. The van der Waals surface area contributed by atoms with E-state index < -0.39 is 0 Å². The van der Waals surface area contributed by atoms with Crippen LogP contribution in [0.25, 0.3) is 0 Å². The summed E-state index contributed by atoms with van der Waals surface area (Å²) in [5.74, 6) is 1.43. The Morgan fingerprint density at radius 3 is 2.92 bits per heavy atom. The summed E-state index contributed by atoms with van der Waals surface area (Å²) in [6.07, 6.45) is 1.11. The van der Waals surface area contributed by atoms with Gasteiger partial charge in [0.15, 0.2) is 5.82 Å². The third-order valence-corrected chi connectivity index (χ3v) is 1.61. The van der Waals surface area contributed by atoms with E-state index in [-0.39, 0.29) is 6.42 Å². The average Bonchev–Trinajstić information content (AvgIpc) is 2.50. The lowest BCUT2D eigenvalue weighted by Crippen LogP contribution is -2.15. The highest BCUT2D eigenvalue weighted by Gasteiger charge is 2.02. The normalized spacial score (nSPS) is 10.3. The van der Waals surface area contributed by atoms with Crippen molar-refractivity contribution in [2.24, 2.45) is 0 Å². The topological polar surface area (TPSA) is 68.6 Å². The first-order chi connectivity index (χ1) is 6.22. The van der Waals surface area contributed by atoms with Crippen LogP contribution < -0.4 is 0 Å². The van der Waals surface area contributed by atoms with Gasteiger partial charge >= 0.3 is 0 Å². The third-order valence-electron chi connectivity index (χ3n) is 1.61. The maximum atomic E-state index is 8.39. The lowest BCUT2D eigenvalue weighted by molar-refractivity contribution is 0.409. The number of nitrogens with one attached hydrogen (secondary N) is 1. The molecular formula is C8H13N5. The number of hydrogen-bond acceptors (Lipinski definition) is 4. The van der Waals surface area contributed by atoms with E-state index >= 15 is 0 Å². The lowest BCUT2D eigenvalue weighted by atomic mass is 10.4. The van der Waals surface area contributed by atoms with Crippen LogP contribution in [0.15, 0.2) is 0 Å². The molecule has 0 bridgehead atoms. The summed E-state index contributed by atoms with van der Waals surface area (Å²) in [5.41, 5.74) is 0. The molecule has 0 atom stereocenters. The predicted octanol–water partition coefficient (Wildman–Crippen LogP) is -0.0251. The monoisotopic (exact) mass is 179 g/mol. The quantitative estimate of drug-likeness (QED) is 0.705. The van der Waals surface area contributed by atoms with Crippen molar-refractivity contribution in [1.82, 2.24) is 20.1 Å². The second-order valence-electron chi connectivity index (χ2n) is 3.09. The molecule has 0 amide bonds. The number of likely N-dealkylation sites (N-methyl/N-ethyl adjacent to an activating group) is 1. The van der Waals surface area contributed by atoms with Crippen molar-refractivity contribution in [1.29, 1.82) is 5.26 Å². The largest absolute Gasteiger partial charge is 0.309 e. The summed E-state index contributed by atoms with van der Waals surface area (Å²) < 4.78 is 0.